The Bertz CT molecular complexity index is 666. The lowest BCUT2D eigenvalue weighted by Gasteiger charge is -2.16. The van der Waals surface area contributed by atoms with Gasteiger partial charge < -0.3 is 9.64 Å². The number of carbonyl (C=O) groups excluding carboxylic acids is 1. The van der Waals surface area contributed by atoms with E-state index in [2.05, 4.69) is 22.1 Å². The summed E-state index contributed by atoms with van der Waals surface area (Å²) in [6, 6.07) is 7.28. The molecule has 0 unspecified atom stereocenters. The summed E-state index contributed by atoms with van der Waals surface area (Å²) >= 11 is 1.32. The number of methoxy groups -OCH3 is 1. The second-order valence-electron chi connectivity index (χ2n) is 4.88. The quantitative estimate of drug-likeness (QED) is 0.859. The van der Waals surface area contributed by atoms with Crippen LogP contribution in [0.3, 0.4) is 0 Å². The van der Waals surface area contributed by atoms with Crippen molar-refractivity contribution in [3.63, 3.8) is 0 Å². The Morgan fingerprint density at radius 2 is 2.05 bits per heavy atom. The van der Waals surface area contributed by atoms with E-state index in [9.17, 15) is 4.79 Å². The van der Waals surface area contributed by atoms with Crippen molar-refractivity contribution >= 4 is 22.5 Å². The van der Waals surface area contributed by atoms with E-state index in [-0.39, 0.29) is 6.03 Å². The molecule has 2 amide bonds. The molecule has 0 atom stereocenters. The molecular formula is C15H18N4O2S. The van der Waals surface area contributed by atoms with Gasteiger partial charge in [-0.1, -0.05) is 23.5 Å². The van der Waals surface area contributed by atoms with Crippen molar-refractivity contribution in [2.45, 2.75) is 6.92 Å². The molecule has 22 heavy (non-hydrogen) atoms. The molecule has 1 N–H and O–H groups in total. The van der Waals surface area contributed by atoms with Gasteiger partial charge in [-0.05, 0) is 31.2 Å². The van der Waals surface area contributed by atoms with Crippen LogP contribution in [-0.4, -0.2) is 41.8 Å². The molecule has 1 aromatic heterocycles. The van der Waals surface area contributed by atoms with Gasteiger partial charge in [0.15, 0.2) is 0 Å². The Hall–Kier alpha value is -2.41. The number of benzene rings is 1. The summed E-state index contributed by atoms with van der Waals surface area (Å²) in [4.78, 5) is 13.5. The fourth-order valence-corrected chi connectivity index (χ4v) is 2.53. The average Bonchev–Trinajstić information content (AvgIpc) is 2.95. The highest BCUT2D eigenvalue weighted by Crippen LogP contribution is 2.27. The minimum absolute atomic E-state index is 0.236. The van der Waals surface area contributed by atoms with Crippen molar-refractivity contribution in [3.05, 3.63) is 36.4 Å². The van der Waals surface area contributed by atoms with Gasteiger partial charge in [-0.25, -0.2) is 4.79 Å². The van der Waals surface area contributed by atoms with Crippen LogP contribution in [0.15, 0.2) is 36.4 Å². The summed E-state index contributed by atoms with van der Waals surface area (Å²) in [5, 5.41) is 12.0. The summed E-state index contributed by atoms with van der Waals surface area (Å²) in [7, 11) is 3.32. The molecule has 0 fully saturated rings. The molecule has 0 aliphatic rings. The largest absolute Gasteiger partial charge is 0.497 e. The zero-order valence-corrected chi connectivity index (χ0v) is 13.6. The molecule has 0 spiro atoms. The molecule has 7 heteroatoms. The first kappa shape index (κ1) is 16.0. The summed E-state index contributed by atoms with van der Waals surface area (Å²) < 4.78 is 5.12. The number of likely N-dealkylation sites (N-methyl/N-ethyl adjacent to an activating group) is 1. The van der Waals surface area contributed by atoms with Crippen LogP contribution in [0.1, 0.15) is 6.92 Å². The zero-order chi connectivity index (χ0) is 16.1. The van der Waals surface area contributed by atoms with E-state index in [1.165, 1.54) is 16.2 Å². The maximum absolute atomic E-state index is 12.0. The second kappa shape index (κ2) is 7.04. The normalized spacial score (nSPS) is 10.1. The standard InChI is InChI=1S/C15H18N4O2S/c1-10(2)9-19(3)15(20)16-14-18-17-13(22-14)11-5-7-12(21-4)8-6-11/h5-8H,1,9H2,2-4H3,(H,16,18,20). The minimum atomic E-state index is -0.236. The number of ether oxygens (including phenoxy) is 1. The van der Waals surface area contributed by atoms with Gasteiger partial charge in [0.2, 0.25) is 5.13 Å². The maximum Gasteiger partial charge on any atom is 0.323 e. The number of amides is 2. The Morgan fingerprint density at radius 3 is 2.64 bits per heavy atom. The second-order valence-corrected chi connectivity index (χ2v) is 5.86. The highest BCUT2D eigenvalue weighted by Gasteiger charge is 2.13. The zero-order valence-electron chi connectivity index (χ0n) is 12.8. The summed E-state index contributed by atoms with van der Waals surface area (Å²) in [6.07, 6.45) is 0. The predicted octanol–water partition coefficient (Wildman–Crippen LogP) is 3.25. The van der Waals surface area contributed by atoms with Crippen molar-refractivity contribution in [3.8, 4) is 16.3 Å². The lowest BCUT2D eigenvalue weighted by molar-refractivity contribution is 0.226. The third-order valence-electron chi connectivity index (χ3n) is 2.83. The molecule has 0 saturated heterocycles. The molecule has 0 bridgehead atoms. The average molecular weight is 318 g/mol. The number of carbonyl (C=O) groups is 1. The van der Waals surface area contributed by atoms with Gasteiger partial charge >= 0.3 is 6.03 Å². The number of urea groups is 1. The third-order valence-corrected chi connectivity index (χ3v) is 3.72. The third kappa shape index (κ3) is 4.05. The van der Waals surface area contributed by atoms with Gasteiger partial charge in [-0.2, -0.15) is 0 Å². The Labute approximate surface area is 133 Å². The van der Waals surface area contributed by atoms with Crippen molar-refractivity contribution in [1.82, 2.24) is 15.1 Å². The number of nitrogens with zero attached hydrogens (tertiary/aromatic N) is 3. The van der Waals surface area contributed by atoms with Gasteiger partial charge in [0, 0.05) is 19.2 Å². The number of hydrogen-bond acceptors (Lipinski definition) is 5. The Morgan fingerprint density at radius 1 is 1.36 bits per heavy atom. The topological polar surface area (TPSA) is 67.4 Å². The first-order valence-corrected chi connectivity index (χ1v) is 7.45. The number of aromatic nitrogens is 2. The van der Waals surface area contributed by atoms with Crippen molar-refractivity contribution in [1.29, 1.82) is 0 Å². The van der Waals surface area contributed by atoms with Crippen LogP contribution < -0.4 is 10.1 Å². The molecule has 0 saturated carbocycles. The fraction of sp³-hybridized carbons (Fsp3) is 0.267. The molecular weight excluding hydrogens is 300 g/mol. The molecule has 6 nitrogen and oxygen atoms in total. The van der Waals surface area contributed by atoms with Gasteiger partial charge in [-0.15, -0.1) is 10.2 Å². The van der Waals surface area contributed by atoms with Crippen LogP contribution >= 0.6 is 11.3 Å². The van der Waals surface area contributed by atoms with E-state index in [1.807, 2.05) is 31.2 Å². The number of rotatable bonds is 5. The maximum atomic E-state index is 12.0. The molecule has 0 aliphatic heterocycles. The molecule has 2 aromatic rings. The Balaban J connectivity index is 2.04. The molecule has 1 aromatic carbocycles. The monoisotopic (exact) mass is 318 g/mol. The van der Waals surface area contributed by atoms with Crippen LogP contribution in [0, 0.1) is 0 Å². The van der Waals surface area contributed by atoms with E-state index in [0.717, 1.165) is 21.9 Å². The number of anilines is 1. The van der Waals surface area contributed by atoms with Crippen LogP contribution in [0.4, 0.5) is 9.93 Å². The van der Waals surface area contributed by atoms with Crippen molar-refractivity contribution in [2.24, 2.45) is 0 Å². The smallest absolute Gasteiger partial charge is 0.323 e. The lowest BCUT2D eigenvalue weighted by Crippen LogP contribution is -2.32. The first-order valence-electron chi connectivity index (χ1n) is 6.64. The van der Waals surface area contributed by atoms with E-state index in [0.29, 0.717) is 11.7 Å². The predicted molar refractivity (Wildman–Crippen MR) is 88.4 cm³/mol. The van der Waals surface area contributed by atoms with Crippen molar-refractivity contribution < 1.29 is 9.53 Å². The SMILES string of the molecule is C=C(C)CN(C)C(=O)Nc1nnc(-c2ccc(OC)cc2)s1. The van der Waals surface area contributed by atoms with Crippen LogP contribution in [0.5, 0.6) is 5.75 Å². The van der Waals surface area contributed by atoms with Crippen LogP contribution in [0.25, 0.3) is 10.6 Å². The van der Waals surface area contributed by atoms with Gasteiger partial charge in [0.1, 0.15) is 10.8 Å². The van der Waals surface area contributed by atoms with Gasteiger partial charge in [-0.3, -0.25) is 5.32 Å². The van der Waals surface area contributed by atoms with E-state index >= 15 is 0 Å². The lowest BCUT2D eigenvalue weighted by atomic mass is 10.2. The first-order chi connectivity index (χ1) is 10.5. The van der Waals surface area contributed by atoms with Crippen LogP contribution in [-0.2, 0) is 0 Å². The Kier molecular flexibility index (Phi) is 5.11. The van der Waals surface area contributed by atoms with E-state index in [4.69, 9.17) is 4.74 Å². The van der Waals surface area contributed by atoms with Crippen molar-refractivity contribution in [2.75, 3.05) is 26.0 Å². The highest BCUT2D eigenvalue weighted by atomic mass is 32.1. The van der Waals surface area contributed by atoms with Crippen LogP contribution in [0.2, 0.25) is 0 Å². The van der Waals surface area contributed by atoms with Gasteiger partial charge in [0.05, 0.1) is 7.11 Å². The number of nitrogens with one attached hydrogen (secondary N) is 1. The number of hydrogen-bond donors (Lipinski definition) is 1. The fourth-order valence-electron chi connectivity index (χ4n) is 1.79. The van der Waals surface area contributed by atoms with Gasteiger partial charge in [0.25, 0.3) is 0 Å². The molecule has 1 heterocycles. The molecule has 0 aliphatic carbocycles. The minimum Gasteiger partial charge on any atom is -0.497 e. The highest BCUT2D eigenvalue weighted by molar-refractivity contribution is 7.18. The molecule has 0 radical (unpaired) electrons. The summed E-state index contributed by atoms with van der Waals surface area (Å²) in [5.41, 5.74) is 1.84. The van der Waals surface area contributed by atoms with E-state index < -0.39 is 0 Å². The summed E-state index contributed by atoms with van der Waals surface area (Å²) in [5.74, 6) is 0.781. The summed E-state index contributed by atoms with van der Waals surface area (Å²) in [6.45, 7) is 6.15. The van der Waals surface area contributed by atoms with E-state index in [1.54, 1.807) is 14.2 Å². The molecule has 116 valence electrons. The molecule has 2 rings (SSSR count).